The molecule has 4 fully saturated rings. The molecular formula is C28H32F5N5O2. The molecule has 0 spiro atoms. The first kappa shape index (κ1) is 27.3. The number of aromatic nitrogens is 2. The number of carbonyl (C=O) groups is 1. The smallest absolute Gasteiger partial charge is 0.381 e. The third-order valence-corrected chi connectivity index (χ3v) is 9.14. The Bertz CT molecular complexity index is 1250. The summed E-state index contributed by atoms with van der Waals surface area (Å²) in [5.74, 6) is -1.42. The number of ether oxygens (including phenoxy) is 1. The molecule has 7 nitrogen and oxygen atoms in total. The van der Waals surface area contributed by atoms with Gasteiger partial charge in [-0.1, -0.05) is 0 Å². The van der Waals surface area contributed by atoms with E-state index in [4.69, 9.17) is 4.74 Å². The standard InChI is InChI=1S/C28H32F5N5O2/c29-21-13-18(36-26(39)27(5-6-27)28(31,32)33)12-20(25(21)30)22-1-2-24(38-37-22)35-17-10-16-14-34-23(19(16)11-17)9-15-3-7-40-8-4-15/h1-2,12-13,15-17,19,23,34H,3-11,14H2,(H,35,38)(H,36,39)/t16-,17+,19+,23+/m1/s1. The molecule has 2 saturated carbocycles. The van der Waals surface area contributed by atoms with E-state index in [-0.39, 0.29) is 35.8 Å². The molecule has 1 amide bonds. The van der Waals surface area contributed by atoms with E-state index in [1.54, 1.807) is 6.07 Å². The fourth-order valence-corrected chi connectivity index (χ4v) is 6.68. The van der Waals surface area contributed by atoms with E-state index in [0.29, 0.717) is 35.7 Å². The minimum atomic E-state index is -4.72. The monoisotopic (exact) mass is 565 g/mol. The van der Waals surface area contributed by atoms with Gasteiger partial charge in [0, 0.05) is 42.6 Å². The Morgan fingerprint density at radius 1 is 1.10 bits per heavy atom. The van der Waals surface area contributed by atoms with Gasteiger partial charge < -0.3 is 20.7 Å². The lowest BCUT2D eigenvalue weighted by Crippen LogP contribution is -2.37. The zero-order valence-electron chi connectivity index (χ0n) is 21.9. The van der Waals surface area contributed by atoms with Crippen molar-refractivity contribution in [3.8, 4) is 11.3 Å². The van der Waals surface area contributed by atoms with Crippen molar-refractivity contribution in [2.24, 2.45) is 23.2 Å². The number of alkyl halides is 3. The number of carbonyl (C=O) groups excluding carboxylic acids is 1. The van der Waals surface area contributed by atoms with Crippen molar-refractivity contribution in [1.29, 1.82) is 0 Å². The maximum absolute atomic E-state index is 14.6. The molecule has 40 heavy (non-hydrogen) atoms. The number of fused-ring (bicyclic) bond motifs is 1. The van der Waals surface area contributed by atoms with Gasteiger partial charge in [-0.2, -0.15) is 13.2 Å². The zero-order valence-corrected chi connectivity index (χ0v) is 21.9. The van der Waals surface area contributed by atoms with Gasteiger partial charge in [-0.05, 0) is 87.4 Å². The van der Waals surface area contributed by atoms with E-state index in [0.717, 1.165) is 51.5 Å². The Morgan fingerprint density at radius 2 is 1.88 bits per heavy atom. The van der Waals surface area contributed by atoms with Gasteiger partial charge in [0.2, 0.25) is 5.91 Å². The van der Waals surface area contributed by atoms with Crippen molar-refractivity contribution in [2.45, 2.75) is 63.2 Å². The number of amides is 1. The topological polar surface area (TPSA) is 88.2 Å². The molecule has 4 aliphatic rings. The predicted molar refractivity (Wildman–Crippen MR) is 137 cm³/mol. The number of hydrogen-bond acceptors (Lipinski definition) is 6. The Labute approximate surface area is 228 Å². The van der Waals surface area contributed by atoms with Crippen LogP contribution in [-0.4, -0.2) is 54.1 Å². The second-order valence-corrected chi connectivity index (χ2v) is 11.7. The van der Waals surface area contributed by atoms with Gasteiger partial charge in [0.1, 0.15) is 11.2 Å². The van der Waals surface area contributed by atoms with Gasteiger partial charge in [0.05, 0.1) is 5.69 Å². The number of rotatable bonds is 7. The van der Waals surface area contributed by atoms with E-state index >= 15 is 0 Å². The highest BCUT2D eigenvalue weighted by Crippen LogP contribution is 2.58. The summed E-state index contributed by atoms with van der Waals surface area (Å²) in [5, 5.41) is 17.4. The first-order valence-corrected chi connectivity index (χ1v) is 13.9. The van der Waals surface area contributed by atoms with Crippen molar-refractivity contribution in [3.05, 3.63) is 35.9 Å². The molecule has 2 aromatic rings. The van der Waals surface area contributed by atoms with E-state index in [1.165, 1.54) is 12.5 Å². The lowest BCUT2D eigenvalue weighted by Gasteiger charge is -2.27. The molecule has 3 N–H and O–H groups in total. The highest BCUT2D eigenvalue weighted by atomic mass is 19.4. The Morgan fingerprint density at radius 3 is 2.55 bits per heavy atom. The van der Waals surface area contributed by atoms with Gasteiger partial charge >= 0.3 is 6.18 Å². The van der Waals surface area contributed by atoms with Crippen LogP contribution in [0.4, 0.5) is 33.5 Å². The summed E-state index contributed by atoms with van der Waals surface area (Å²) >= 11 is 0. The number of halogens is 5. The van der Waals surface area contributed by atoms with Crippen LogP contribution >= 0.6 is 0 Å². The van der Waals surface area contributed by atoms with Crippen LogP contribution < -0.4 is 16.0 Å². The summed E-state index contributed by atoms with van der Waals surface area (Å²) in [6, 6.07) is 5.56. The van der Waals surface area contributed by atoms with Gasteiger partial charge in [0.25, 0.3) is 0 Å². The van der Waals surface area contributed by atoms with Gasteiger partial charge in [-0.3, -0.25) is 4.79 Å². The first-order valence-electron chi connectivity index (χ1n) is 13.9. The minimum absolute atomic E-state index is 0.000905. The first-order chi connectivity index (χ1) is 19.1. The fraction of sp³-hybridized carbons (Fsp3) is 0.607. The van der Waals surface area contributed by atoms with E-state index in [1.807, 2.05) is 0 Å². The van der Waals surface area contributed by atoms with Crippen molar-refractivity contribution in [1.82, 2.24) is 15.5 Å². The number of nitrogens with one attached hydrogen (secondary N) is 3. The Balaban J connectivity index is 1.10. The predicted octanol–water partition coefficient (Wildman–Crippen LogP) is 5.30. The van der Waals surface area contributed by atoms with Crippen LogP contribution in [0.1, 0.15) is 44.9 Å². The molecule has 4 atom stereocenters. The number of nitrogens with zero attached hydrogens (tertiary/aromatic N) is 2. The fourth-order valence-electron chi connectivity index (χ4n) is 6.68. The Hall–Kier alpha value is -2.86. The second-order valence-electron chi connectivity index (χ2n) is 11.7. The molecule has 2 saturated heterocycles. The van der Waals surface area contributed by atoms with Crippen molar-refractivity contribution in [3.63, 3.8) is 0 Å². The van der Waals surface area contributed by atoms with E-state index in [9.17, 15) is 26.7 Å². The molecule has 2 aliphatic heterocycles. The highest BCUT2D eigenvalue weighted by Gasteiger charge is 2.68. The number of hydrogen-bond donors (Lipinski definition) is 3. The average Bonchev–Trinajstić information content (AvgIpc) is 3.56. The Kier molecular flexibility index (Phi) is 7.18. The maximum Gasteiger partial charge on any atom is 0.403 e. The summed E-state index contributed by atoms with van der Waals surface area (Å²) in [7, 11) is 0. The summed E-state index contributed by atoms with van der Waals surface area (Å²) in [5.41, 5.74) is -3.06. The van der Waals surface area contributed by atoms with Crippen molar-refractivity contribution >= 4 is 17.4 Å². The van der Waals surface area contributed by atoms with Gasteiger partial charge in [-0.15, -0.1) is 10.2 Å². The second kappa shape index (κ2) is 10.5. The largest absolute Gasteiger partial charge is 0.403 e. The molecule has 1 aromatic heterocycles. The van der Waals surface area contributed by atoms with Gasteiger partial charge in [-0.25, -0.2) is 8.78 Å². The number of anilines is 2. The summed E-state index contributed by atoms with van der Waals surface area (Å²) in [6.45, 7) is 2.69. The summed E-state index contributed by atoms with van der Waals surface area (Å²) < 4.78 is 74.3. The molecule has 6 rings (SSSR count). The van der Waals surface area contributed by atoms with Crippen molar-refractivity contribution < 1.29 is 31.5 Å². The highest BCUT2D eigenvalue weighted by molar-refractivity contribution is 5.98. The summed E-state index contributed by atoms with van der Waals surface area (Å²) in [4.78, 5) is 12.3. The van der Waals surface area contributed by atoms with Crippen LogP contribution in [0.25, 0.3) is 11.3 Å². The molecular weight excluding hydrogens is 533 g/mol. The quantitative estimate of drug-likeness (QED) is 0.395. The molecule has 3 heterocycles. The average molecular weight is 566 g/mol. The molecule has 216 valence electrons. The zero-order chi connectivity index (χ0) is 28.1. The van der Waals surface area contributed by atoms with Crippen LogP contribution in [0.2, 0.25) is 0 Å². The molecule has 12 heteroatoms. The molecule has 0 radical (unpaired) electrons. The molecule has 0 bridgehead atoms. The SMILES string of the molecule is O=C(Nc1cc(F)c(F)c(-c2ccc(N[C@H]3C[C@@H]4CN[C@@H](CC5CCOCC5)[C@H]4C3)nn2)c1)C1(C(F)(F)F)CC1. The lowest BCUT2D eigenvalue weighted by atomic mass is 9.85. The minimum Gasteiger partial charge on any atom is -0.381 e. The molecule has 1 aromatic carbocycles. The van der Waals surface area contributed by atoms with Crippen LogP contribution in [0.3, 0.4) is 0 Å². The van der Waals surface area contributed by atoms with Crippen LogP contribution in [0, 0.1) is 34.8 Å². The van der Waals surface area contributed by atoms with Crippen molar-refractivity contribution in [2.75, 3.05) is 30.4 Å². The van der Waals surface area contributed by atoms with E-state index in [2.05, 4.69) is 26.1 Å². The van der Waals surface area contributed by atoms with Gasteiger partial charge in [0.15, 0.2) is 11.6 Å². The van der Waals surface area contributed by atoms with E-state index < -0.39 is 29.1 Å². The van der Waals surface area contributed by atoms with Crippen LogP contribution in [0.5, 0.6) is 0 Å². The molecule has 0 unspecified atom stereocenters. The lowest BCUT2D eigenvalue weighted by molar-refractivity contribution is -0.189. The summed E-state index contributed by atoms with van der Waals surface area (Å²) in [6.07, 6.45) is 0.0311. The van der Waals surface area contributed by atoms with Crippen LogP contribution in [-0.2, 0) is 9.53 Å². The van der Waals surface area contributed by atoms with Crippen LogP contribution in [0.15, 0.2) is 24.3 Å². The normalized spacial score (nSPS) is 27.8. The third-order valence-electron chi connectivity index (χ3n) is 9.14. The maximum atomic E-state index is 14.6. The number of benzene rings is 1. The third kappa shape index (κ3) is 5.27. The molecule has 2 aliphatic carbocycles.